The molecule has 2 N–H and O–H groups in total. The van der Waals surface area contributed by atoms with Crippen molar-refractivity contribution in [3.8, 4) is 0 Å². The molecular formula is C11H15NO. The maximum Gasteiger partial charge on any atom is 0.0795 e. The van der Waals surface area contributed by atoms with Crippen molar-refractivity contribution in [2.75, 3.05) is 5.32 Å². The van der Waals surface area contributed by atoms with E-state index in [2.05, 4.69) is 17.4 Å². The highest BCUT2D eigenvalue weighted by Crippen LogP contribution is 2.29. The maximum atomic E-state index is 9.83. The van der Waals surface area contributed by atoms with E-state index in [0.717, 1.165) is 12.1 Å². The summed E-state index contributed by atoms with van der Waals surface area (Å²) in [5.41, 5.74) is 1.81. The van der Waals surface area contributed by atoms with E-state index in [1.807, 2.05) is 26.0 Å². The Morgan fingerprint density at radius 2 is 2.08 bits per heavy atom. The van der Waals surface area contributed by atoms with Crippen LogP contribution in [0.3, 0.4) is 0 Å². The van der Waals surface area contributed by atoms with Gasteiger partial charge in [-0.25, -0.2) is 0 Å². The Morgan fingerprint density at radius 1 is 1.38 bits per heavy atom. The summed E-state index contributed by atoms with van der Waals surface area (Å²) in [5.74, 6) is 0. The van der Waals surface area contributed by atoms with E-state index in [1.54, 1.807) is 0 Å². The fourth-order valence-corrected chi connectivity index (χ4v) is 1.72. The number of nitrogens with one attached hydrogen (secondary N) is 1. The lowest BCUT2D eigenvalue weighted by molar-refractivity contribution is 0.0614. The standard InChI is InChI=1S/C11H15NO/c1-11(2,13)10-7-8-5-3-4-6-9(8)12-10/h3-6,10,12-13H,7H2,1-2H3. The minimum Gasteiger partial charge on any atom is -0.388 e. The molecule has 0 saturated heterocycles. The summed E-state index contributed by atoms with van der Waals surface area (Å²) in [6, 6.07) is 8.35. The monoisotopic (exact) mass is 177 g/mol. The molecule has 1 aromatic rings. The molecule has 1 unspecified atom stereocenters. The van der Waals surface area contributed by atoms with Crippen molar-refractivity contribution in [3.05, 3.63) is 29.8 Å². The second-order valence-electron chi connectivity index (χ2n) is 4.21. The highest BCUT2D eigenvalue weighted by atomic mass is 16.3. The van der Waals surface area contributed by atoms with E-state index < -0.39 is 5.60 Å². The van der Waals surface area contributed by atoms with E-state index in [9.17, 15) is 5.11 Å². The van der Waals surface area contributed by atoms with Crippen LogP contribution in [-0.4, -0.2) is 16.7 Å². The predicted octanol–water partition coefficient (Wildman–Crippen LogP) is 1.79. The minimum atomic E-state index is -0.654. The highest BCUT2D eigenvalue weighted by molar-refractivity contribution is 5.57. The zero-order valence-corrected chi connectivity index (χ0v) is 8.04. The summed E-state index contributed by atoms with van der Waals surface area (Å²) in [4.78, 5) is 0. The van der Waals surface area contributed by atoms with Gasteiger partial charge in [-0.1, -0.05) is 18.2 Å². The van der Waals surface area contributed by atoms with Gasteiger partial charge in [-0.15, -0.1) is 0 Å². The zero-order chi connectivity index (χ0) is 9.47. The molecule has 0 bridgehead atoms. The zero-order valence-electron chi connectivity index (χ0n) is 8.04. The first-order valence-electron chi connectivity index (χ1n) is 4.64. The summed E-state index contributed by atoms with van der Waals surface area (Å²) in [6.45, 7) is 3.69. The largest absolute Gasteiger partial charge is 0.388 e. The summed E-state index contributed by atoms with van der Waals surface area (Å²) in [5, 5.41) is 13.2. The third-order valence-electron chi connectivity index (χ3n) is 2.62. The summed E-state index contributed by atoms with van der Waals surface area (Å²) < 4.78 is 0. The van der Waals surface area contributed by atoms with Crippen LogP contribution in [0.15, 0.2) is 24.3 Å². The molecule has 13 heavy (non-hydrogen) atoms. The van der Waals surface area contributed by atoms with Crippen LogP contribution in [0.4, 0.5) is 5.69 Å². The lowest BCUT2D eigenvalue weighted by Gasteiger charge is -2.25. The third kappa shape index (κ3) is 1.54. The Kier molecular flexibility index (Phi) is 1.81. The number of para-hydroxylation sites is 1. The van der Waals surface area contributed by atoms with E-state index >= 15 is 0 Å². The molecule has 70 valence electrons. The van der Waals surface area contributed by atoms with Crippen molar-refractivity contribution in [2.45, 2.75) is 31.9 Å². The fourth-order valence-electron chi connectivity index (χ4n) is 1.72. The van der Waals surface area contributed by atoms with Gasteiger partial charge in [0.05, 0.1) is 11.6 Å². The quantitative estimate of drug-likeness (QED) is 0.685. The molecule has 0 fully saturated rings. The van der Waals surface area contributed by atoms with Crippen LogP contribution < -0.4 is 5.32 Å². The van der Waals surface area contributed by atoms with Gasteiger partial charge in [0.2, 0.25) is 0 Å². The van der Waals surface area contributed by atoms with Crippen LogP contribution in [0.25, 0.3) is 0 Å². The van der Waals surface area contributed by atoms with Crippen molar-refractivity contribution in [3.63, 3.8) is 0 Å². The Morgan fingerprint density at radius 3 is 2.69 bits per heavy atom. The van der Waals surface area contributed by atoms with Crippen molar-refractivity contribution in [1.29, 1.82) is 0 Å². The normalized spacial score (nSPS) is 21.0. The molecule has 0 aliphatic carbocycles. The molecule has 2 rings (SSSR count). The van der Waals surface area contributed by atoms with Crippen LogP contribution in [0.2, 0.25) is 0 Å². The number of hydrogen-bond acceptors (Lipinski definition) is 2. The number of aliphatic hydroxyl groups is 1. The molecule has 2 heteroatoms. The second kappa shape index (κ2) is 2.74. The fraction of sp³-hybridized carbons (Fsp3) is 0.455. The van der Waals surface area contributed by atoms with Crippen LogP contribution in [0, 0.1) is 0 Å². The lowest BCUT2D eigenvalue weighted by Crippen LogP contribution is -2.40. The lowest BCUT2D eigenvalue weighted by atomic mass is 9.96. The topological polar surface area (TPSA) is 32.3 Å². The third-order valence-corrected chi connectivity index (χ3v) is 2.62. The van der Waals surface area contributed by atoms with Gasteiger partial charge in [0.25, 0.3) is 0 Å². The van der Waals surface area contributed by atoms with Gasteiger partial charge in [-0.05, 0) is 31.9 Å². The average Bonchev–Trinajstić information content (AvgIpc) is 2.45. The molecule has 1 aliphatic heterocycles. The SMILES string of the molecule is CC(C)(O)C1Cc2ccccc2N1. The second-order valence-corrected chi connectivity index (χ2v) is 4.21. The number of hydrogen-bond donors (Lipinski definition) is 2. The van der Waals surface area contributed by atoms with Gasteiger partial charge in [0.1, 0.15) is 0 Å². The van der Waals surface area contributed by atoms with Gasteiger partial charge in [-0.2, -0.15) is 0 Å². The summed E-state index contributed by atoms with van der Waals surface area (Å²) in [7, 11) is 0. The van der Waals surface area contributed by atoms with Crippen molar-refractivity contribution in [2.24, 2.45) is 0 Å². The smallest absolute Gasteiger partial charge is 0.0795 e. The van der Waals surface area contributed by atoms with Crippen LogP contribution in [-0.2, 0) is 6.42 Å². The average molecular weight is 177 g/mol. The Bertz CT molecular complexity index is 289. The molecule has 0 amide bonds. The predicted molar refractivity (Wildman–Crippen MR) is 53.9 cm³/mol. The Balaban J connectivity index is 2.23. The Labute approximate surface area is 78.6 Å². The number of rotatable bonds is 1. The van der Waals surface area contributed by atoms with Crippen LogP contribution in [0.1, 0.15) is 19.4 Å². The van der Waals surface area contributed by atoms with Crippen molar-refractivity contribution >= 4 is 5.69 Å². The molecule has 0 radical (unpaired) electrons. The van der Waals surface area contributed by atoms with Gasteiger partial charge < -0.3 is 10.4 Å². The number of benzene rings is 1. The maximum absolute atomic E-state index is 9.83. The summed E-state index contributed by atoms with van der Waals surface area (Å²) >= 11 is 0. The van der Waals surface area contributed by atoms with Crippen LogP contribution in [0.5, 0.6) is 0 Å². The first-order valence-corrected chi connectivity index (χ1v) is 4.64. The molecule has 1 heterocycles. The van der Waals surface area contributed by atoms with Crippen LogP contribution >= 0.6 is 0 Å². The molecule has 0 aromatic heterocycles. The van der Waals surface area contributed by atoms with Gasteiger partial charge >= 0.3 is 0 Å². The van der Waals surface area contributed by atoms with Crippen molar-refractivity contribution < 1.29 is 5.11 Å². The van der Waals surface area contributed by atoms with Gasteiger partial charge in [-0.3, -0.25) is 0 Å². The molecular weight excluding hydrogens is 162 g/mol. The molecule has 1 aliphatic rings. The van der Waals surface area contributed by atoms with E-state index in [-0.39, 0.29) is 6.04 Å². The molecule has 1 aromatic carbocycles. The van der Waals surface area contributed by atoms with Gasteiger partial charge in [0.15, 0.2) is 0 Å². The molecule has 0 saturated carbocycles. The first-order chi connectivity index (χ1) is 6.07. The van der Waals surface area contributed by atoms with Gasteiger partial charge in [0, 0.05) is 5.69 Å². The van der Waals surface area contributed by atoms with E-state index in [1.165, 1.54) is 5.56 Å². The minimum absolute atomic E-state index is 0.143. The molecule has 0 spiro atoms. The highest BCUT2D eigenvalue weighted by Gasteiger charge is 2.31. The number of fused-ring (bicyclic) bond motifs is 1. The molecule has 2 nitrogen and oxygen atoms in total. The van der Waals surface area contributed by atoms with E-state index in [4.69, 9.17) is 0 Å². The van der Waals surface area contributed by atoms with Crippen molar-refractivity contribution in [1.82, 2.24) is 0 Å². The van der Waals surface area contributed by atoms with E-state index in [0.29, 0.717) is 0 Å². The number of anilines is 1. The first kappa shape index (κ1) is 8.57. The Hall–Kier alpha value is -1.02. The summed E-state index contributed by atoms with van der Waals surface area (Å²) in [6.07, 6.45) is 0.916. The molecule has 1 atom stereocenters.